The van der Waals surface area contributed by atoms with Crippen LogP contribution in [-0.2, 0) is 20.9 Å². The van der Waals surface area contributed by atoms with Crippen molar-refractivity contribution in [3.63, 3.8) is 0 Å². The molecule has 3 aliphatic rings. The Morgan fingerprint density at radius 2 is 2.20 bits per heavy atom. The first-order valence-electron chi connectivity index (χ1n) is 9.41. The summed E-state index contributed by atoms with van der Waals surface area (Å²) < 4.78 is 5.99. The Balaban J connectivity index is 1.44. The molecule has 3 aliphatic heterocycles. The fourth-order valence-electron chi connectivity index (χ4n) is 4.36. The van der Waals surface area contributed by atoms with Crippen molar-refractivity contribution in [3.8, 4) is 0 Å². The molecular weight excluding hydrogens is 318 g/mol. The number of aryl methyl sites for hydroxylation is 1. The van der Waals surface area contributed by atoms with E-state index in [0.29, 0.717) is 13.2 Å². The van der Waals surface area contributed by atoms with Gasteiger partial charge in [0.2, 0.25) is 5.91 Å². The summed E-state index contributed by atoms with van der Waals surface area (Å²) in [6, 6.07) is 6.16. The minimum absolute atomic E-state index is 0.0186. The van der Waals surface area contributed by atoms with Gasteiger partial charge in [0.1, 0.15) is 0 Å². The first-order chi connectivity index (χ1) is 12.2. The second-order valence-corrected chi connectivity index (χ2v) is 7.39. The second-order valence-electron chi connectivity index (χ2n) is 7.39. The number of hydrogen-bond acceptors (Lipinski definition) is 5. The van der Waals surface area contributed by atoms with Gasteiger partial charge >= 0.3 is 0 Å². The fraction of sp³-hybridized carbons (Fsp3) is 0.684. The van der Waals surface area contributed by atoms with Crippen LogP contribution in [0, 0.1) is 18.8 Å². The number of amides is 1. The summed E-state index contributed by atoms with van der Waals surface area (Å²) in [6.07, 6.45) is 2.93. The minimum atomic E-state index is 0.0186. The highest BCUT2D eigenvalue weighted by Crippen LogP contribution is 2.35. The molecule has 0 saturated carbocycles. The number of carbonyl (C=O) groups excluding carboxylic acids is 1. The number of ether oxygens (including phenoxy) is 1. The normalized spacial score (nSPS) is 30.3. The number of piperidine rings is 1. The molecule has 3 fully saturated rings. The van der Waals surface area contributed by atoms with E-state index in [2.05, 4.69) is 22.0 Å². The van der Waals surface area contributed by atoms with Crippen molar-refractivity contribution in [2.75, 3.05) is 32.8 Å². The van der Waals surface area contributed by atoms with Gasteiger partial charge in [0.05, 0.1) is 24.9 Å². The van der Waals surface area contributed by atoms with E-state index in [9.17, 15) is 4.79 Å². The van der Waals surface area contributed by atoms with Crippen LogP contribution < -0.4 is 0 Å². The summed E-state index contributed by atoms with van der Waals surface area (Å²) >= 11 is 0. The summed E-state index contributed by atoms with van der Waals surface area (Å²) in [5.41, 5.74) is 2.15. The molecule has 6 nitrogen and oxygen atoms in total. The van der Waals surface area contributed by atoms with Crippen molar-refractivity contribution in [1.82, 2.24) is 14.9 Å². The lowest BCUT2D eigenvalue weighted by atomic mass is 9.79. The molecule has 3 atom stereocenters. The number of pyridine rings is 1. The molecule has 1 amide bonds. The second kappa shape index (κ2) is 7.40. The lowest BCUT2D eigenvalue weighted by Gasteiger charge is -2.45. The maximum atomic E-state index is 12.9. The van der Waals surface area contributed by atoms with Crippen LogP contribution in [0.1, 0.15) is 30.7 Å². The molecule has 4 rings (SSSR count). The van der Waals surface area contributed by atoms with Crippen molar-refractivity contribution >= 4 is 5.91 Å². The lowest BCUT2D eigenvalue weighted by Crippen LogP contribution is -2.53. The van der Waals surface area contributed by atoms with Gasteiger partial charge in [-0.05, 0) is 38.3 Å². The van der Waals surface area contributed by atoms with Gasteiger partial charge in [-0.2, -0.15) is 0 Å². The van der Waals surface area contributed by atoms with E-state index < -0.39 is 0 Å². The number of nitrogens with zero attached hydrogens (tertiary/aromatic N) is 3. The highest BCUT2D eigenvalue weighted by atomic mass is 16.7. The summed E-state index contributed by atoms with van der Waals surface area (Å²) in [7, 11) is 0. The molecule has 136 valence electrons. The SMILES string of the molecule is Cc1cccc(CN2CC[C@H]3OCC[C@@H](C(=O)N4CCCO4)[C@@H]3C2)n1. The average Bonchev–Trinajstić information content (AvgIpc) is 3.15. The largest absolute Gasteiger partial charge is 0.378 e. The van der Waals surface area contributed by atoms with Crippen molar-refractivity contribution in [2.45, 2.75) is 38.8 Å². The van der Waals surface area contributed by atoms with Gasteiger partial charge in [0.15, 0.2) is 0 Å². The highest BCUT2D eigenvalue weighted by Gasteiger charge is 2.43. The molecular formula is C19H27N3O3. The molecule has 1 aromatic heterocycles. The molecule has 0 radical (unpaired) electrons. The van der Waals surface area contributed by atoms with E-state index in [1.54, 1.807) is 5.06 Å². The Morgan fingerprint density at radius 1 is 1.28 bits per heavy atom. The van der Waals surface area contributed by atoms with E-state index in [1.807, 2.05) is 13.0 Å². The van der Waals surface area contributed by atoms with Crippen LogP contribution >= 0.6 is 0 Å². The minimum Gasteiger partial charge on any atom is -0.378 e. The van der Waals surface area contributed by atoms with Gasteiger partial charge in [-0.15, -0.1) is 0 Å². The first kappa shape index (κ1) is 16.9. The maximum absolute atomic E-state index is 12.9. The van der Waals surface area contributed by atoms with E-state index in [0.717, 1.165) is 56.8 Å². The molecule has 4 heterocycles. The molecule has 0 aromatic carbocycles. The molecule has 0 bridgehead atoms. The van der Waals surface area contributed by atoms with Crippen LogP contribution in [0.5, 0.6) is 0 Å². The summed E-state index contributed by atoms with van der Waals surface area (Å²) in [6.45, 7) is 6.83. The predicted molar refractivity (Wildman–Crippen MR) is 92.5 cm³/mol. The molecule has 25 heavy (non-hydrogen) atoms. The van der Waals surface area contributed by atoms with Gasteiger partial charge in [-0.3, -0.25) is 19.5 Å². The van der Waals surface area contributed by atoms with Crippen LogP contribution in [-0.4, -0.2) is 59.8 Å². The van der Waals surface area contributed by atoms with Crippen LogP contribution in [0.25, 0.3) is 0 Å². The Hall–Kier alpha value is -1.50. The zero-order valence-corrected chi connectivity index (χ0v) is 14.9. The van der Waals surface area contributed by atoms with Crippen LogP contribution in [0.15, 0.2) is 18.2 Å². The van der Waals surface area contributed by atoms with Crippen LogP contribution in [0.3, 0.4) is 0 Å². The zero-order chi connectivity index (χ0) is 17.2. The number of aromatic nitrogens is 1. The summed E-state index contributed by atoms with van der Waals surface area (Å²) in [5.74, 6) is 0.431. The van der Waals surface area contributed by atoms with Gasteiger partial charge in [-0.25, -0.2) is 5.06 Å². The number of hydroxylamine groups is 2. The molecule has 3 saturated heterocycles. The number of fused-ring (bicyclic) bond motifs is 1. The Labute approximate surface area is 149 Å². The highest BCUT2D eigenvalue weighted by molar-refractivity contribution is 5.78. The van der Waals surface area contributed by atoms with Crippen molar-refractivity contribution < 1.29 is 14.4 Å². The number of carbonyl (C=O) groups is 1. The zero-order valence-electron chi connectivity index (χ0n) is 14.9. The smallest absolute Gasteiger partial charge is 0.249 e. The van der Waals surface area contributed by atoms with Gasteiger partial charge in [-0.1, -0.05) is 6.07 Å². The Bertz CT molecular complexity index is 618. The predicted octanol–water partition coefficient (Wildman–Crippen LogP) is 1.78. The third-order valence-corrected chi connectivity index (χ3v) is 5.60. The molecule has 6 heteroatoms. The number of likely N-dealkylation sites (tertiary alicyclic amines) is 1. The third-order valence-electron chi connectivity index (χ3n) is 5.60. The van der Waals surface area contributed by atoms with E-state index in [-0.39, 0.29) is 23.8 Å². The molecule has 0 unspecified atom stereocenters. The van der Waals surface area contributed by atoms with Gasteiger partial charge in [0, 0.05) is 43.8 Å². The monoisotopic (exact) mass is 345 g/mol. The van der Waals surface area contributed by atoms with Crippen molar-refractivity contribution in [2.24, 2.45) is 11.8 Å². The van der Waals surface area contributed by atoms with E-state index in [4.69, 9.17) is 9.57 Å². The molecule has 0 spiro atoms. The Kier molecular flexibility index (Phi) is 5.01. The Morgan fingerprint density at radius 3 is 3.00 bits per heavy atom. The van der Waals surface area contributed by atoms with Crippen molar-refractivity contribution in [3.05, 3.63) is 29.6 Å². The maximum Gasteiger partial charge on any atom is 0.249 e. The first-order valence-corrected chi connectivity index (χ1v) is 9.41. The number of rotatable bonds is 3. The van der Waals surface area contributed by atoms with Crippen LogP contribution in [0.2, 0.25) is 0 Å². The van der Waals surface area contributed by atoms with E-state index >= 15 is 0 Å². The van der Waals surface area contributed by atoms with Gasteiger partial charge < -0.3 is 4.74 Å². The molecule has 0 aliphatic carbocycles. The molecule has 1 aromatic rings. The third kappa shape index (κ3) is 3.71. The molecule has 0 N–H and O–H groups in total. The van der Waals surface area contributed by atoms with Crippen LogP contribution in [0.4, 0.5) is 0 Å². The van der Waals surface area contributed by atoms with Gasteiger partial charge in [0.25, 0.3) is 0 Å². The van der Waals surface area contributed by atoms with E-state index in [1.165, 1.54) is 0 Å². The van der Waals surface area contributed by atoms with Crippen molar-refractivity contribution in [1.29, 1.82) is 0 Å². The number of hydrogen-bond donors (Lipinski definition) is 0. The standard InChI is InChI=1S/C19H27N3O3/c1-14-4-2-5-15(20-14)12-21-9-6-18-17(13-21)16(7-11-24-18)19(23)22-8-3-10-25-22/h2,4-5,16-18H,3,6-13H2,1H3/t16-,17+,18-/m1/s1. The fourth-order valence-corrected chi connectivity index (χ4v) is 4.36. The lowest BCUT2D eigenvalue weighted by molar-refractivity contribution is -0.185. The average molecular weight is 345 g/mol. The quantitative estimate of drug-likeness (QED) is 0.836. The summed E-state index contributed by atoms with van der Waals surface area (Å²) in [4.78, 5) is 25.4. The topological polar surface area (TPSA) is 54.9 Å². The summed E-state index contributed by atoms with van der Waals surface area (Å²) in [5, 5.41) is 1.59.